The van der Waals surface area contributed by atoms with Crippen molar-refractivity contribution in [2.24, 2.45) is 10.7 Å². The third-order valence-corrected chi connectivity index (χ3v) is 3.80. The van der Waals surface area contributed by atoms with Crippen LogP contribution in [0.25, 0.3) is 5.69 Å². The third kappa shape index (κ3) is 3.81. The Hall–Kier alpha value is -3.08. The lowest BCUT2D eigenvalue weighted by Crippen LogP contribution is -2.22. The first-order valence-electron chi connectivity index (χ1n) is 7.98. The summed E-state index contributed by atoms with van der Waals surface area (Å²) in [7, 11) is 0. The van der Waals surface area contributed by atoms with Crippen molar-refractivity contribution in [2.75, 3.05) is 5.32 Å². The second-order valence-electron chi connectivity index (χ2n) is 5.48. The molecule has 0 spiro atoms. The molecule has 1 aromatic heterocycles. The molecule has 0 unspecified atom stereocenters. The smallest absolute Gasteiger partial charge is 0.193 e. The lowest BCUT2D eigenvalue weighted by molar-refractivity contribution is 0.980. The molecule has 0 saturated heterocycles. The van der Waals surface area contributed by atoms with Crippen molar-refractivity contribution in [3.63, 3.8) is 0 Å². The molecule has 3 rings (SSSR count). The second kappa shape index (κ2) is 7.46. The fourth-order valence-corrected chi connectivity index (χ4v) is 2.52. The molecule has 0 atom stereocenters. The molecule has 24 heavy (non-hydrogen) atoms. The Balaban J connectivity index is 1.73. The van der Waals surface area contributed by atoms with Crippen molar-refractivity contribution in [3.05, 3.63) is 78.4 Å². The molecule has 0 aliphatic carbocycles. The molecular weight excluding hydrogens is 298 g/mol. The highest BCUT2D eigenvalue weighted by Gasteiger charge is 2.03. The van der Waals surface area contributed by atoms with E-state index >= 15 is 0 Å². The Bertz CT molecular complexity index is 821. The minimum Gasteiger partial charge on any atom is -0.370 e. The number of nitrogens with zero attached hydrogens (tertiary/aromatic N) is 3. The highest BCUT2D eigenvalue weighted by atomic mass is 15.1. The van der Waals surface area contributed by atoms with Gasteiger partial charge in [0.1, 0.15) is 0 Å². The summed E-state index contributed by atoms with van der Waals surface area (Å²) >= 11 is 0. The van der Waals surface area contributed by atoms with E-state index in [1.54, 1.807) is 12.5 Å². The standard InChI is InChI=1S/C19H21N5/c1-2-15-6-5-8-17(12-15)23-19(20)22-13-16-7-3-4-9-18(16)24-11-10-21-14-24/h3-12,14H,2,13H2,1H3,(H3,20,22,23). The topological polar surface area (TPSA) is 68.2 Å². The van der Waals surface area contributed by atoms with Crippen LogP contribution in [0.2, 0.25) is 0 Å². The van der Waals surface area contributed by atoms with Gasteiger partial charge in [-0.25, -0.2) is 9.98 Å². The van der Waals surface area contributed by atoms with Crippen molar-refractivity contribution in [1.29, 1.82) is 0 Å². The van der Waals surface area contributed by atoms with Crippen LogP contribution in [-0.4, -0.2) is 15.5 Å². The van der Waals surface area contributed by atoms with Gasteiger partial charge in [-0.15, -0.1) is 0 Å². The average molecular weight is 319 g/mol. The lowest BCUT2D eigenvalue weighted by atomic mass is 10.1. The van der Waals surface area contributed by atoms with Crippen LogP contribution >= 0.6 is 0 Å². The van der Waals surface area contributed by atoms with E-state index in [0.717, 1.165) is 23.4 Å². The maximum atomic E-state index is 6.03. The van der Waals surface area contributed by atoms with Crippen LogP contribution in [0.4, 0.5) is 5.69 Å². The molecule has 0 saturated carbocycles. The van der Waals surface area contributed by atoms with E-state index < -0.39 is 0 Å². The molecule has 0 radical (unpaired) electrons. The summed E-state index contributed by atoms with van der Waals surface area (Å²) in [6, 6.07) is 16.3. The maximum absolute atomic E-state index is 6.03. The quantitative estimate of drug-likeness (QED) is 0.560. The fourth-order valence-electron chi connectivity index (χ4n) is 2.52. The molecular formula is C19H21N5. The summed E-state index contributed by atoms with van der Waals surface area (Å²) in [4.78, 5) is 8.56. The van der Waals surface area contributed by atoms with Crippen LogP contribution in [-0.2, 0) is 13.0 Å². The van der Waals surface area contributed by atoms with Gasteiger partial charge in [-0.3, -0.25) is 0 Å². The Morgan fingerprint density at radius 3 is 2.88 bits per heavy atom. The number of aryl methyl sites for hydroxylation is 1. The molecule has 5 heteroatoms. The zero-order valence-corrected chi connectivity index (χ0v) is 13.7. The highest BCUT2D eigenvalue weighted by Crippen LogP contribution is 2.15. The number of aromatic nitrogens is 2. The normalized spacial score (nSPS) is 11.5. The predicted molar refractivity (Wildman–Crippen MR) is 98.3 cm³/mol. The van der Waals surface area contributed by atoms with Crippen LogP contribution in [0.3, 0.4) is 0 Å². The minimum atomic E-state index is 0.406. The number of anilines is 1. The summed E-state index contributed by atoms with van der Waals surface area (Å²) in [5.74, 6) is 0.406. The van der Waals surface area contributed by atoms with Gasteiger partial charge in [-0.1, -0.05) is 37.3 Å². The number of nitrogens with one attached hydrogen (secondary N) is 1. The minimum absolute atomic E-state index is 0.406. The SMILES string of the molecule is CCc1cccc(NC(N)=NCc2ccccc2-n2ccnc2)c1. The first-order chi connectivity index (χ1) is 11.8. The van der Waals surface area contributed by atoms with E-state index in [1.807, 2.05) is 47.2 Å². The van der Waals surface area contributed by atoms with Crippen LogP contribution in [0.15, 0.2) is 72.2 Å². The van der Waals surface area contributed by atoms with Gasteiger partial charge in [-0.05, 0) is 35.7 Å². The van der Waals surface area contributed by atoms with Crippen molar-refractivity contribution in [2.45, 2.75) is 19.9 Å². The molecule has 5 nitrogen and oxygen atoms in total. The number of guanidine groups is 1. The Morgan fingerprint density at radius 2 is 2.08 bits per heavy atom. The molecule has 3 aromatic rings. The van der Waals surface area contributed by atoms with Crippen molar-refractivity contribution < 1.29 is 0 Å². The van der Waals surface area contributed by atoms with E-state index in [-0.39, 0.29) is 0 Å². The van der Waals surface area contributed by atoms with Crippen molar-refractivity contribution in [3.8, 4) is 5.69 Å². The van der Waals surface area contributed by atoms with Gasteiger partial charge in [0.25, 0.3) is 0 Å². The molecule has 0 aliphatic rings. The van der Waals surface area contributed by atoms with E-state index in [4.69, 9.17) is 5.73 Å². The van der Waals surface area contributed by atoms with Gasteiger partial charge in [0.05, 0.1) is 18.6 Å². The van der Waals surface area contributed by atoms with Crippen molar-refractivity contribution in [1.82, 2.24) is 9.55 Å². The zero-order valence-electron chi connectivity index (χ0n) is 13.7. The Labute approximate surface area is 141 Å². The molecule has 1 heterocycles. The van der Waals surface area contributed by atoms with Crippen LogP contribution in [0.5, 0.6) is 0 Å². The van der Waals surface area contributed by atoms with Crippen LogP contribution in [0, 0.1) is 0 Å². The summed E-state index contributed by atoms with van der Waals surface area (Å²) in [6.07, 6.45) is 6.45. The second-order valence-corrected chi connectivity index (χ2v) is 5.48. The average Bonchev–Trinajstić information content (AvgIpc) is 3.15. The number of imidazole rings is 1. The van der Waals surface area contributed by atoms with E-state index in [2.05, 4.69) is 34.3 Å². The van der Waals surface area contributed by atoms with Gasteiger partial charge >= 0.3 is 0 Å². The Morgan fingerprint density at radius 1 is 1.21 bits per heavy atom. The monoisotopic (exact) mass is 319 g/mol. The van der Waals surface area contributed by atoms with Crippen LogP contribution < -0.4 is 11.1 Å². The van der Waals surface area contributed by atoms with Gasteiger partial charge in [-0.2, -0.15) is 0 Å². The van der Waals surface area contributed by atoms with E-state index in [0.29, 0.717) is 12.5 Å². The molecule has 0 fully saturated rings. The van der Waals surface area contributed by atoms with Gasteiger partial charge in [0.2, 0.25) is 0 Å². The molecule has 122 valence electrons. The van der Waals surface area contributed by atoms with Gasteiger partial charge in [0.15, 0.2) is 5.96 Å². The van der Waals surface area contributed by atoms with Gasteiger partial charge in [0, 0.05) is 18.1 Å². The lowest BCUT2D eigenvalue weighted by Gasteiger charge is -2.10. The molecule has 0 bridgehead atoms. The summed E-state index contributed by atoms with van der Waals surface area (Å²) in [6.45, 7) is 2.63. The number of benzene rings is 2. The number of rotatable bonds is 5. The van der Waals surface area contributed by atoms with Gasteiger partial charge < -0.3 is 15.6 Å². The predicted octanol–water partition coefficient (Wildman–Crippen LogP) is 3.36. The van der Waals surface area contributed by atoms with Crippen LogP contribution in [0.1, 0.15) is 18.1 Å². The Kier molecular flexibility index (Phi) is 4.91. The molecule has 0 amide bonds. The maximum Gasteiger partial charge on any atom is 0.193 e. The molecule has 2 aromatic carbocycles. The van der Waals surface area contributed by atoms with E-state index in [9.17, 15) is 0 Å². The first kappa shape index (κ1) is 15.8. The zero-order chi connectivity index (χ0) is 16.8. The number of hydrogen-bond donors (Lipinski definition) is 2. The van der Waals surface area contributed by atoms with Crippen molar-refractivity contribution >= 4 is 11.6 Å². The molecule has 3 N–H and O–H groups in total. The summed E-state index contributed by atoms with van der Waals surface area (Å²) in [5.41, 5.74) is 10.4. The number of nitrogens with two attached hydrogens (primary N) is 1. The highest BCUT2D eigenvalue weighted by molar-refractivity contribution is 5.92. The fraction of sp³-hybridized carbons (Fsp3) is 0.158. The van der Waals surface area contributed by atoms with E-state index in [1.165, 1.54) is 5.56 Å². The largest absolute Gasteiger partial charge is 0.370 e. The number of para-hydroxylation sites is 1. The first-order valence-corrected chi connectivity index (χ1v) is 7.98. The summed E-state index contributed by atoms with van der Waals surface area (Å²) in [5, 5.41) is 3.15. The summed E-state index contributed by atoms with van der Waals surface area (Å²) < 4.78 is 1.97. The molecule has 0 aliphatic heterocycles. The number of aliphatic imine (C=N–C) groups is 1. The third-order valence-electron chi connectivity index (χ3n) is 3.80. The number of hydrogen-bond acceptors (Lipinski definition) is 2.